The third kappa shape index (κ3) is 36.9. The van der Waals surface area contributed by atoms with Gasteiger partial charge in [0.25, 0.3) is 0 Å². The molecule has 0 fully saturated rings. The minimum Gasteiger partial charge on any atom is -0.481 e. The van der Waals surface area contributed by atoms with E-state index in [1.54, 1.807) is 0 Å². The minimum absolute atomic E-state index is 0.116. The number of nitrogens with two attached hydrogens (primary N) is 2. The third-order valence-electron chi connectivity index (χ3n) is 8.36. The van der Waals surface area contributed by atoms with Crippen LogP contribution in [0.3, 0.4) is 0 Å². The van der Waals surface area contributed by atoms with E-state index in [0.717, 1.165) is 25.7 Å². The molecule has 2 atom stereocenters. The fourth-order valence-corrected chi connectivity index (χ4v) is 5.52. The molecule has 41 heavy (non-hydrogen) atoms. The molecule has 0 saturated carbocycles. The van der Waals surface area contributed by atoms with Crippen molar-refractivity contribution in [1.82, 2.24) is 0 Å². The van der Waals surface area contributed by atoms with E-state index in [-0.39, 0.29) is 17.9 Å². The van der Waals surface area contributed by atoms with Crippen LogP contribution >= 0.6 is 0 Å². The molecule has 246 valence electrons. The molecule has 0 aliphatic rings. The predicted molar refractivity (Wildman–Crippen MR) is 179 cm³/mol. The normalized spacial score (nSPS) is 12.5. The van der Waals surface area contributed by atoms with Crippen molar-refractivity contribution in [1.29, 1.82) is 0 Å². The van der Waals surface area contributed by atoms with Crippen molar-refractivity contribution in [3.05, 3.63) is 0 Å². The zero-order valence-electron chi connectivity index (χ0n) is 28.1. The zero-order valence-corrected chi connectivity index (χ0v) is 28.1. The van der Waals surface area contributed by atoms with Gasteiger partial charge in [-0.3, -0.25) is 9.59 Å². The molecule has 0 aliphatic heterocycles. The first kappa shape index (κ1) is 42.0. The molecule has 0 aromatic carbocycles. The van der Waals surface area contributed by atoms with Gasteiger partial charge in [-0.05, 0) is 19.8 Å². The van der Waals surface area contributed by atoms with Crippen LogP contribution in [-0.4, -0.2) is 23.0 Å². The van der Waals surface area contributed by atoms with Crippen LogP contribution in [0.5, 0.6) is 0 Å². The number of carbonyl (C=O) groups excluding carboxylic acids is 1. The maximum atomic E-state index is 11.2. The van der Waals surface area contributed by atoms with Crippen LogP contribution in [0.25, 0.3) is 0 Å². The highest BCUT2D eigenvalue weighted by molar-refractivity contribution is 5.77. The molecule has 0 aliphatic carbocycles. The summed E-state index contributed by atoms with van der Waals surface area (Å²) in [7, 11) is 0. The average Bonchev–Trinajstić information content (AvgIpc) is 2.93. The van der Waals surface area contributed by atoms with Gasteiger partial charge in [0, 0.05) is 12.5 Å². The smallest absolute Gasteiger partial charge is 0.303 e. The summed E-state index contributed by atoms with van der Waals surface area (Å²) in [5.74, 6) is -1.04. The lowest BCUT2D eigenvalue weighted by molar-refractivity contribution is -0.137. The maximum Gasteiger partial charge on any atom is 0.303 e. The van der Waals surface area contributed by atoms with Crippen molar-refractivity contribution in [2.24, 2.45) is 17.4 Å². The summed E-state index contributed by atoms with van der Waals surface area (Å²) in [4.78, 5) is 21.5. The monoisotopic (exact) mass is 583 g/mol. The maximum absolute atomic E-state index is 11.2. The second kappa shape index (κ2) is 35.1. The van der Waals surface area contributed by atoms with Crippen LogP contribution in [0, 0.1) is 5.92 Å². The summed E-state index contributed by atoms with van der Waals surface area (Å²) in [6.45, 7) is 6.41. The summed E-state index contributed by atoms with van der Waals surface area (Å²) in [6.07, 6.45) is 37.0. The van der Waals surface area contributed by atoms with E-state index >= 15 is 0 Å². The first-order valence-corrected chi connectivity index (χ1v) is 18.1. The third-order valence-corrected chi connectivity index (χ3v) is 8.36. The van der Waals surface area contributed by atoms with Gasteiger partial charge < -0.3 is 16.6 Å². The second-order valence-electron chi connectivity index (χ2n) is 12.6. The summed E-state index contributed by atoms with van der Waals surface area (Å²) >= 11 is 0. The van der Waals surface area contributed by atoms with E-state index in [4.69, 9.17) is 16.6 Å². The van der Waals surface area contributed by atoms with Crippen molar-refractivity contribution in [2.45, 2.75) is 213 Å². The number of unbranched alkanes of at least 4 members (excludes halogenated alkanes) is 25. The van der Waals surface area contributed by atoms with E-state index in [2.05, 4.69) is 13.8 Å². The average molecular weight is 583 g/mol. The van der Waals surface area contributed by atoms with Crippen molar-refractivity contribution in [2.75, 3.05) is 0 Å². The molecular formula is C36H74N2O3. The Morgan fingerprint density at radius 2 is 0.780 bits per heavy atom. The molecular weight excluding hydrogens is 508 g/mol. The largest absolute Gasteiger partial charge is 0.481 e. The molecule has 0 spiro atoms. The van der Waals surface area contributed by atoms with Crippen molar-refractivity contribution >= 4 is 11.9 Å². The lowest BCUT2D eigenvalue weighted by Gasteiger charge is -2.16. The van der Waals surface area contributed by atoms with Crippen molar-refractivity contribution in [3.63, 3.8) is 0 Å². The lowest BCUT2D eigenvalue weighted by atomic mass is 9.94. The Morgan fingerprint density at radius 3 is 1.02 bits per heavy atom. The van der Waals surface area contributed by atoms with E-state index in [0.29, 0.717) is 6.42 Å². The molecule has 0 rings (SSSR count). The first-order valence-electron chi connectivity index (χ1n) is 18.1. The number of hydrogen-bond donors (Lipinski definition) is 3. The van der Waals surface area contributed by atoms with Crippen LogP contribution in [0.1, 0.15) is 207 Å². The predicted octanol–water partition coefficient (Wildman–Crippen LogP) is 10.9. The van der Waals surface area contributed by atoms with Gasteiger partial charge in [0.2, 0.25) is 5.91 Å². The summed E-state index contributed by atoms with van der Waals surface area (Å²) < 4.78 is 0. The molecule has 0 bridgehead atoms. The number of hydrogen-bond acceptors (Lipinski definition) is 3. The molecule has 5 N–H and O–H groups in total. The number of amides is 1. The Hall–Kier alpha value is -1.10. The lowest BCUT2D eigenvalue weighted by Crippen LogP contribution is -2.37. The van der Waals surface area contributed by atoms with E-state index in [9.17, 15) is 9.59 Å². The Labute approximate surface area is 256 Å². The van der Waals surface area contributed by atoms with Gasteiger partial charge in [0.05, 0.1) is 5.92 Å². The summed E-state index contributed by atoms with van der Waals surface area (Å²) in [5, 5.41) is 8.49. The highest BCUT2D eigenvalue weighted by Gasteiger charge is 2.18. The highest BCUT2D eigenvalue weighted by atomic mass is 16.4. The van der Waals surface area contributed by atoms with Crippen LogP contribution < -0.4 is 11.5 Å². The molecule has 1 amide bonds. The van der Waals surface area contributed by atoms with Gasteiger partial charge in [-0.2, -0.15) is 0 Å². The Kier molecular flexibility index (Phi) is 36.0. The first-order chi connectivity index (χ1) is 19.9. The quantitative estimate of drug-likeness (QED) is 0.0706. The Balaban J connectivity index is 0. The van der Waals surface area contributed by atoms with Crippen molar-refractivity contribution in [3.8, 4) is 0 Å². The number of carbonyl (C=O) groups is 2. The van der Waals surface area contributed by atoms with Crippen LogP contribution in [0.15, 0.2) is 0 Å². The van der Waals surface area contributed by atoms with Crippen LogP contribution in [-0.2, 0) is 9.59 Å². The Morgan fingerprint density at radius 1 is 0.512 bits per heavy atom. The van der Waals surface area contributed by atoms with Crippen LogP contribution in [0.4, 0.5) is 0 Å². The Bertz CT molecular complexity index is 539. The molecule has 0 radical (unpaired) electrons. The second-order valence-corrected chi connectivity index (χ2v) is 12.6. The standard InChI is InChI=1S/C20H42N2O.C16H32O2/c1-3-4-5-6-7-8-9-10-11-12-13-14-15-16-17-19(18(2)21)20(22)23;1-2-3-4-5-6-7-8-9-10-11-12-13-14-15-16(17)18/h18-19H,3-17,21H2,1-2H3,(H2,22,23);2-15H2,1H3,(H,17,18). The number of rotatable bonds is 31. The topological polar surface area (TPSA) is 106 Å². The van der Waals surface area contributed by atoms with Crippen LogP contribution in [0.2, 0.25) is 0 Å². The van der Waals surface area contributed by atoms with Gasteiger partial charge in [-0.15, -0.1) is 0 Å². The molecule has 0 saturated heterocycles. The van der Waals surface area contributed by atoms with Gasteiger partial charge in [-0.1, -0.05) is 181 Å². The van der Waals surface area contributed by atoms with Gasteiger partial charge >= 0.3 is 5.97 Å². The number of aliphatic carboxylic acids is 1. The number of carboxylic acid groups (broad SMARTS) is 1. The SMILES string of the molecule is CCCCCCCCCCCCCCCC(=O)O.CCCCCCCCCCCCCCCCC(C(N)=O)C(C)N. The summed E-state index contributed by atoms with van der Waals surface area (Å²) in [6, 6.07) is -0.116. The van der Waals surface area contributed by atoms with E-state index in [1.807, 2.05) is 6.92 Å². The fourth-order valence-electron chi connectivity index (χ4n) is 5.52. The fraction of sp³-hybridized carbons (Fsp3) is 0.944. The number of primary amides is 1. The molecule has 5 heteroatoms. The van der Waals surface area contributed by atoms with Gasteiger partial charge in [0.15, 0.2) is 0 Å². The van der Waals surface area contributed by atoms with E-state index in [1.165, 1.54) is 154 Å². The number of carboxylic acids is 1. The van der Waals surface area contributed by atoms with E-state index < -0.39 is 5.97 Å². The minimum atomic E-state index is -0.655. The molecule has 5 nitrogen and oxygen atoms in total. The van der Waals surface area contributed by atoms with Crippen molar-refractivity contribution < 1.29 is 14.7 Å². The molecule has 2 unspecified atom stereocenters. The molecule has 0 heterocycles. The molecule has 0 aromatic rings. The molecule has 0 aromatic heterocycles. The van der Waals surface area contributed by atoms with Gasteiger partial charge in [-0.25, -0.2) is 0 Å². The summed E-state index contributed by atoms with van der Waals surface area (Å²) in [5.41, 5.74) is 11.2. The highest BCUT2D eigenvalue weighted by Crippen LogP contribution is 2.16. The van der Waals surface area contributed by atoms with Gasteiger partial charge in [0.1, 0.15) is 0 Å². The zero-order chi connectivity index (χ0) is 30.8.